The average Bonchev–Trinajstić information content (AvgIpc) is 3.15. The molecular formula is C22H24N2O4S. The second kappa shape index (κ2) is 10.0. The van der Waals surface area contributed by atoms with Gasteiger partial charge in [0.25, 0.3) is 0 Å². The number of anilines is 1. The van der Waals surface area contributed by atoms with Gasteiger partial charge in [-0.2, -0.15) is 0 Å². The summed E-state index contributed by atoms with van der Waals surface area (Å²) in [5, 5.41) is 0.918. The highest BCUT2D eigenvalue weighted by atomic mass is 32.1. The number of para-hydroxylation sites is 1. The Morgan fingerprint density at radius 1 is 1.24 bits per heavy atom. The molecule has 29 heavy (non-hydrogen) atoms. The highest BCUT2D eigenvalue weighted by Crippen LogP contribution is 2.27. The molecule has 0 unspecified atom stereocenters. The maximum Gasteiger partial charge on any atom is 0.415 e. The van der Waals surface area contributed by atoms with Crippen molar-refractivity contribution < 1.29 is 19.0 Å². The molecule has 0 aliphatic heterocycles. The minimum absolute atomic E-state index is 0.101. The Morgan fingerprint density at radius 2 is 2.07 bits per heavy atom. The maximum atomic E-state index is 12.2. The number of hydrogen-bond acceptors (Lipinski definition) is 6. The molecule has 1 amide bonds. The number of methoxy groups -OCH3 is 1. The third-order valence-electron chi connectivity index (χ3n) is 4.22. The molecule has 0 saturated carbocycles. The number of carbonyl (C=O) groups excluding carboxylic acids is 1. The summed E-state index contributed by atoms with van der Waals surface area (Å²) in [4.78, 5) is 18.2. The standard InChI is InChI=1S/C22H24N2O4S/c1-4-5-12-27-15-24(22(25)26-3)19-11-10-17(13-16(19)2)28-14-21-23-18-8-6-7-9-20(18)29-21/h4-11,13H,12,14-15H2,1-3H3. The van der Waals surface area contributed by atoms with Crippen molar-refractivity contribution in [3.63, 3.8) is 0 Å². The van der Waals surface area contributed by atoms with E-state index in [-0.39, 0.29) is 6.73 Å². The normalized spacial score (nSPS) is 11.1. The second-order valence-electron chi connectivity index (χ2n) is 6.28. The fourth-order valence-electron chi connectivity index (χ4n) is 2.79. The van der Waals surface area contributed by atoms with Gasteiger partial charge in [0.05, 0.1) is 29.6 Å². The quantitative estimate of drug-likeness (QED) is 0.285. The van der Waals surface area contributed by atoms with Crippen LogP contribution < -0.4 is 9.64 Å². The topological polar surface area (TPSA) is 60.9 Å². The summed E-state index contributed by atoms with van der Waals surface area (Å²) in [5.74, 6) is 0.713. The van der Waals surface area contributed by atoms with Crippen LogP contribution in [0.1, 0.15) is 17.5 Å². The first-order chi connectivity index (χ1) is 14.1. The molecule has 7 heteroatoms. The van der Waals surface area contributed by atoms with Crippen LogP contribution in [-0.4, -0.2) is 31.5 Å². The maximum absolute atomic E-state index is 12.2. The minimum Gasteiger partial charge on any atom is -0.486 e. The van der Waals surface area contributed by atoms with Crippen LogP contribution in [0.25, 0.3) is 10.2 Å². The van der Waals surface area contributed by atoms with Gasteiger partial charge in [-0.05, 0) is 49.7 Å². The summed E-state index contributed by atoms with van der Waals surface area (Å²) in [6, 6.07) is 13.6. The SMILES string of the molecule is CC=CCOCN(C(=O)OC)c1ccc(OCc2nc3ccccc3s2)cc1C. The number of ether oxygens (including phenoxy) is 3. The lowest BCUT2D eigenvalue weighted by Crippen LogP contribution is -2.33. The van der Waals surface area contributed by atoms with E-state index in [0.717, 1.165) is 20.8 Å². The van der Waals surface area contributed by atoms with Gasteiger partial charge in [-0.25, -0.2) is 9.78 Å². The Hall–Kier alpha value is -2.90. The van der Waals surface area contributed by atoms with Crippen molar-refractivity contribution >= 4 is 33.3 Å². The molecule has 0 spiro atoms. The Balaban J connectivity index is 1.69. The zero-order valence-corrected chi connectivity index (χ0v) is 17.6. The van der Waals surface area contributed by atoms with E-state index in [1.807, 2.05) is 62.4 Å². The van der Waals surface area contributed by atoms with Gasteiger partial charge in [0.1, 0.15) is 24.1 Å². The van der Waals surface area contributed by atoms with E-state index in [4.69, 9.17) is 14.2 Å². The average molecular weight is 413 g/mol. The van der Waals surface area contributed by atoms with Gasteiger partial charge >= 0.3 is 6.09 Å². The lowest BCUT2D eigenvalue weighted by molar-refractivity contribution is 0.138. The van der Waals surface area contributed by atoms with E-state index in [0.29, 0.717) is 24.7 Å². The number of thiazole rings is 1. The van der Waals surface area contributed by atoms with Gasteiger partial charge in [-0.3, -0.25) is 4.90 Å². The number of allylic oxidation sites excluding steroid dienone is 1. The van der Waals surface area contributed by atoms with Crippen molar-refractivity contribution in [2.75, 3.05) is 25.3 Å². The van der Waals surface area contributed by atoms with Crippen molar-refractivity contribution in [1.82, 2.24) is 4.98 Å². The highest BCUT2D eigenvalue weighted by Gasteiger charge is 2.18. The molecule has 0 atom stereocenters. The van der Waals surface area contributed by atoms with Gasteiger partial charge in [0.15, 0.2) is 0 Å². The molecule has 0 radical (unpaired) electrons. The molecular weight excluding hydrogens is 388 g/mol. The molecule has 1 heterocycles. The third-order valence-corrected chi connectivity index (χ3v) is 5.23. The van der Waals surface area contributed by atoms with Crippen LogP contribution in [0.4, 0.5) is 10.5 Å². The molecule has 3 aromatic rings. The molecule has 0 aliphatic carbocycles. The van der Waals surface area contributed by atoms with Crippen LogP contribution in [0, 0.1) is 6.92 Å². The first-order valence-electron chi connectivity index (χ1n) is 9.24. The van der Waals surface area contributed by atoms with Crippen LogP contribution in [0.2, 0.25) is 0 Å². The Labute approximate surface area is 174 Å². The smallest absolute Gasteiger partial charge is 0.415 e. The number of amides is 1. The predicted molar refractivity (Wildman–Crippen MR) is 116 cm³/mol. The van der Waals surface area contributed by atoms with E-state index in [1.165, 1.54) is 12.0 Å². The summed E-state index contributed by atoms with van der Waals surface area (Å²) < 4.78 is 17.5. The van der Waals surface area contributed by atoms with Crippen molar-refractivity contribution in [1.29, 1.82) is 0 Å². The van der Waals surface area contributed by atoms with Crippen LogP contribution >= 0.6 is 11.3 Å². The van der Waals surface area contributed by atoms with Crippen molar-refractivity contribution in [2.45, 2.75) is 20.5 Å². The van der Waals surface area contributed by atoms with E-state index in [2.05, 4.69) is 11.1 Å². The van der Waals surface area contributed by atoms with E-state index in [1.54, 1.807) is 11.3 Å². The van der Waals surface area contributed by atoms with Gasteiger partial charge < -0.3 is 14.2 Å². The monoisotopic (exact) mass is 412 g/mol. The summed E-state index contributed by atoms with van der Waals surface area (Å²) in [6.07, 6.45) is 3.30. The number of hydrogen-bond donors (Lipinski definition) is 0. The van der Waals surface area contributed by atoms with Gasteiger partial charge in [0, 0.05) is 0 Å². The molecule has 0 aliphatic rings. The molecule has 6 nitrogen and oxygen atoms in total. The van der Waals surface area contributed by atoms with E-state index >= 15 is 0 Å². The fraction of sp³-hybridized carbons (Fsp3) is 0.273. The molecule has 0 saturated heterocycles. The van der Waals surface area contributed by atoms with Crippen LogP contribution in [0.5, 0.6) is 5.75 Å². The summed E-state index contributed by atoms with van der Waals surface area (Å²) in [6.45, 7) is 4.75. The largest absolute Gasteiger partial charge is 0.486 e. The molecule has 0 fully saturated rings. The predicted octanol–water partition coefficient (Wildman–Crippen LogP) is 5.31. The zero-order valence-electron chi connectivity index (χ0n) is 16.8. The lowest BCUT2D eigenvalue weighted by Gasteiger charge is -2.23. The first-order valence-corrected chi connectivity index (χ1v) is 10.1. The third kappa shape index (κ3) is 5.34. The second-order valence-corrected chi connectivity index (χ2v) is 7.39. The molecule has 152 valence electrons. The Morgan fingerprint density at radius 3 is 2.79 bits per heavy atom. The van der Waals surface area contributed by atoms with Crippen LogP contribution in [0.15, 0.2) is 54.6 Å². The first kappa shape index (κ1) is 20.8. The Bertz CT molecular complexity index is 966. The molecule has 1 aromatic heterocycles. The number of aromatic nitrogens is 1. The minimum atomic E-state index is -0.475. The van der Waals surface area contributed by atoms with E-state index in [9.17, 15) is 4.79 Å². The lowest BCUT2D eigenvalue weighted by atomic mass is 10.2. The van der Waals surface area contributed by atoms with Crippen molar-refractivity contribution in [2.24, 2.45) is 0 Å². The molecule has 0 bridgehead atoms. The summed E-state index contributed by atoms with van der Waals surface area (Å²) in [5.41, 5.74) is 2.57. The summed E-state index contributed by atoms with van der Waals surface area (Å²) in [7, 11) is 1.35. The van der Waals surface area contributed by atoms with Crippen molar-refractivity contribution in [3.05, 3.63) is 65.2 Å². The van der Waals surface area contributed by atoms with E-state index < -0.39 is 6.09 Å². The van der Waals surface area contributed by atoms with Gasteiger partial charge in [-0.15, -0.1) is 11.3 Å². The number of carbonyl (C=O) groups is 1. The molecule has 0 N–H and O–H groups in total. The number of aryl methyl sites for hydroxylation is 1. The number of rotatable bonds is 8. The van der Waals surface area contributed by atoms with Crippen LogP contribution in [0.3, 0.4) is 0 Å². The number of fused-ring (bicyclic) bond motifs is 1. The molecule has 2 aromatic carbocycles. The number of nitrogens with zero attached hydrogens (tertiary/aromatic N) is 2. The number of benzene rings is 2. The fourth-order valence-corrected chi connectivity index (χ4v) is 3.67. The van der Waals surface area contributed by atoms with Gasteiger partial charge in [-0.1, -0.05) is 24.3 Å². The highest BCUT2D eigenvalue weighted by molar-refractivity contribution is 7.18. The Kier molecular flexibility index (Phi) is 7.21. The zero-order chi connectivity index (χ0) is 20.6. The summed E-state index contributed by atoms with van der Waals surface area (Å²) >= 11 is 1.62. The van der Waals surface area contributed by atoms with Gasteiger partial charge in [0.2, 0.25) is 0 Å². The molecule has 3 rings (SSSR count). The van der Waals surface area contributed by atoms with Crippen LogP contribution in [-0.2, 0) is 16.1 Å². The van der Waals surface area contributed by atoms with Crippen molar-refractivity contribution in [3.8, 4) is 5.75 Å².